The monoisotopic (exact) mass is 412 g/mol. The van der Waals surface area contributed by atoms with Gasteiger partial charge in [-0.05, 0) is 18.6 Å². The molecular weight excluding hydrogens is 392 g/mol. The third-order valence-corrected chi connectivity index (χ3v) is 5.57. The first-order valence-corrected chi connectivity index (χ1v) is 10.1. The van der Waals surface area contributed by atoms with Gasteiger partial charge in [-0.2, -0.15) is 0 Å². The van der Waals surface area contributed by atoms with Crippen LogP contribution in [0, 0.1) is 0 Å². The molecule has 0 saturated carbocycles. The van der Waals surface area contributed by atoms with E-state index in [-0.39, 0.29) is 11.2 Å². The van der Waals surface area contributed by atoms with Gasteiger partial charge in [-0.1, -0.05) is 78.0 Å². The molecule has 1 amide bonds. The molecule has 0 radical (unpaired) electrons. The van der Waals surface area contributed by atoms with Gasteiger partial charge in [0.15, 0.2) is 11.0 Å². The van der Waals surface area contributed by atoms with Gasteiger partial charge in [-0.15, -0.1) is 16.8 Å². The quantitative estimate of drug-likeness (QED) is 0.434. The highest BCUT2D eigenvalue weighted by molar-refractivity contribution is 8.00. The molecule has 0 spiro atoms. The molecule has 0 bridgehead atoms. The SMILES string of the molecule is C=CCn1c(S[C@H](C)C(=O)NCc2ccccc2Cl)nnc1-c1ccccc1. The molecule has 5 nitrogen and oxygen atoms in total. The number of hydrogen-bond acceptors (Lipinski definition) is 4. The Bertz CT molecular complexity index is 958. The minimum absolute atomic E-state index is 0.0840. The van der Waals surface area contributed by atoms with Gasteiger partial charge in [0.25, 0.3) is 0 Å². The Kier molecular flexibility index (Phi) is 6.90. The van der Waals surface area contributed by atoms with E-state index in [1.54, 1.807) is 6.08 Å². The molecule has 7 heteroatoms. The van der Waals surface area contributed by atoms with Crippen molar-refractivity contribution in [2.24, 2.45) is 0 Å². The summed E-state index contributed by atoms with van der Waals surface area (Å²) in [5.41, 5.74) is 1.86. The van der Waals surface area contributed by atoms with Crippen LogP contribution in [0.1, 0.15) is 12.5 Å². The second kappa shape index (κ2) is 9.57. The molecule has 1 aromatic heterocycles. The number of carbonyl (C=O) groups excluding carboxylic acids is 1. The third kappa shape index (κ3) is 4.82. The molecular formula is C21H21ClN4OS. The fraction of sp³-hybridized carbons (Fsp3) is 0.190. The van der Waals surface area contributed by atoms with E-state index in [4.69, 9.17) is 11.6 Å². The van der Waals surface area contributed by atoms with Crippen molar-refractivity contribution in [3.8, 4) is 11.4 Å². The Hall–Kier alpha value is -2.57. The molecule has 3 rings (SSSR count). The Balaban J connectivity index is 1.70. The van der Waals surface area contributed by atoms with Crippen LogP contribution in [0.5, 0.6) is 0 Å². The van der Waals surface area contributed by atoms with Crippen LogP contribution in [0.4, 0.5) is 0 Å². The van der Waals surface area contributed by atoms with E-state index in [1.807, 2.05) is 66.1 Å². The van der Waals surface area contributed by atoms with E-state index in [1.165, 1.54) is 11.8 Å². The van der Waals surface area contributed by atoms with Crippen molar-refractivity contribution < 1.29 is 4.79 Å². The molecule has 0 fully saturated rings. The molecule has 1 atom stereocenters. The van der Waals surface area contributed by atoms with Crippen molar-refractivity contribution in [3.05, 3.63) is 77.8 Å². The van der Waals surface area contributed by atoms with Crippen molar-refractivity contribution in [2.75, 3.05) is 0 Å². The predicted molar refractivity (Wildman–Crippen MR) is 114 cm³/mol. The Labute approximate surface area is 173 Å². The zero-order valence-electron chi connectivity index (χ0n) is 15.5. The van der Waals surface area contributed by atoms with E-state index in [9.17, 15) is 4.79 Å². The molecule has 0 aliphatic heterocycles. The number of nitrogens with zero attached hydrogens (tertiary/aromatic N) is 3. The van der Waals surface area contributed by atoms with Gasteiger partial charge < -0.3 is 5.32 Å². The van der Waals surface area contributed by atoms with E-state index in [2.05, 4.69) is 22.1 Å². The van der Waals surface area contributed by atoms with E-state index < -0.39 is 0 Å². The molecule has 144 valence electrons. The molecule has 0 aliphatic rings. The second-order valence-corrected chi connectivity index (χ2v) is 7.86. The zero-order valence-corrected chi connectivity index (χ0v) is 17.1. The molecule has 1 N–H and O–H groups in total. The summed E-state index contributed by atoms with van der Waals surface area (Å²) >= 11 is 7.52. The molecule has 28 heavy (non-hydrogen) atoms. The minimum Gasteiger partial charge on any atom is -0.351 e. The third-order valence-electron chi connectivity index (χ3n) is 4.12. The van der Waals surface area contributed by atoms with Crippen LogP contribution in [0.2, 0.25) is 5.02 Å². The summed E-state index contributed by atoms with van der Waals surface area (Å²) in [5.74, 6) is 0.672. The van der Waals surface area contributed by atoms with Gasteiger partial charge in [-0.3, -0.25) is 9.36 Å². The van der Waals surface area contributed by atoms with Gasteiger partial charge in [-0.25, -0.2) is 0 Å². The Morgan fingerprint density at radius 2 is 1.93 bits per heavy atom. The number of hydrogen-bond donors (Lipinski definition) is 1. The molecule has 2 aromatic carbocycles. The first kappa shape index (κ1) is 20.2. The van der Waals surface area contributed by atoms with Crippen molar-refractivity contribution >= 4 is 29.3 Å². The number of amides is 1. The van der Waals surface area contributed by atoms with E-state index in [0.717, 1.165) is 17.0 Å². The van der Waals surface area contributed by atoms with Gasteiger partial charge in [0.1, 0.15) is 0 Å². The number of halogens is 1. The summed E-state index contributed by atoms with van der Waals surface area (Å²) in [6.07, 6.45) is 1.79. The number of nitrogens with one attached hydrogen (secondary N) is 1. The van der Waals surface area contributed by atoms with Gasteiger partial charge in [0.2, 0.25) is 5.91 Å². The fourth-order valence-electron chi connectivity index (χ4n) is 2.65. The number of rotatable bonds is 8. The lowest BCUT2D eigenvalue weighted by atomic mass is 10.2. The van der Waals surface area contributed by atoms with Crippen LogP contribution in [0.25, 0.3) is 11.4 Å². The maximum absolute atomic E-state index is 12.5. The van der Waals surface area contributed by atoms with Crippen molar-refractivity contribution in [2.45, 2.75) is 30.4 Å². The summed E-state index contributed by atoms with van der Waals surface area (Å²) in [5, 5.41) is 12.5. The average Bonchev–Trinajstić information content (AvgIpc) is 3.10. The molecule has 0 unspecified atom stereocenters. The first-order valence-electron chi connectivity index (χ1n) is 8.87. The summed E-state index contributed by atoms with van der Waals surface area (Å²) in [7, 11) is 0. The standard InChI is InChI=1S/C21H21ClN4OS/c1-3-13-26-19(16-9-5-4-6-10-16)24-25-21(26)28-15(2)20(27)23-14-17-11-7-8-12-18(17)22/h3-12,15H,1,13-14H2,2H3,(H,23,27)/t15-/m1/s1. The summed E-state index contributed by atoms with van der Waals surface area (Å²) < 4.78 is 1.96. The molecule has 3 aromatic rings. The van der Waals surface area contributed by atoms with Crippen molar-refractivity contribution in [1.82, 2.24) is 20.1 Å². The van der Waals surface area contributed by atoms with Crippen LogP contribution in [0.15, 0.2) is 72.4 Å². The summed E-state index contributed by atoms with van der Waals surface area (Å²) in [6.45, 7) is 6.62. The van der Waals surface area contributed by atoms with Crippen LogP contribution >= 0.6 is 23.4 Å². The fourth-order valence-corrected chi connectivity index (χ4v) is 3.74. The lowest BCUT2D eigenvalue weighted by Gasteiger charge is -2.13. The van der Waals surface area contributed by atoms with Crippen LogP contribution in [0.3, 0.4) is 0 Å². The van der Waals surface area contributed by atoms with E-state index in [0.29, 0.717) is 23.3 Å². The maximum atomic E-state index is 12.5. The number of benzene rings is 2. The normalized spacial score (nSPS) is 11.8. The smallest absolute Gasteiger partial charge is 0.233 e. The molecule has 0 aliphatic carbocycles. The molecule has 1 heterocycles. The van der Waals surface area contributed by atoms with Crippen LogP contribution in [-0.2, 0) is 17.9 Å². The minimum atomic E-state index is -0.334. The number of allylic oxidation sites excluding steroid dienone is 1. The average molecular weight is 413 g/mol. The van der Waals surface area contributed by atoms with Crippen LogP contribution in [-0.4, -0.2) is 25.9 Å². The van der Waals surface area contributed by atoms with Gasteiger partial charge in [0.05, 0.1) is 5.25 Å². The van der Waals surface area contributed by atoms with Crippen molar-refractivity contribution in [1.29, 1.82) is 0 Å². The highest BCUT2D eigenvalue weighted by Crippen LogP contribution is 2.27. The lowest BCUT2D eigenvalue weighted by molar-refractivity contribution is -0.120. The van der Waals surface area contributed by atoms with E-state index >= 15 is 0 Å². The van der Waals surface area contributed by atoms with Gasteiger partial charge in [0, 0.05) is 23.7 Å². The topological polar surface area (TPSA) is 59.8 Å². The first-order chi connectivity index (χ1) is 13.6. The van der Waals surface area contributed by atoms with Crippen LogP contribution < -0.4 is 5.32 Å². The number of aromatic nitrogens is 3. The predicted octanol–water partition coefficient (Wildman–Crippen LogP) is 4.58. The number of thioether (sulfide) groups is 1. The lowest BCUT2D eigenvalue weighted by Crippen LogP contribution is -2.30. The largest absolute Gasteiger partial charge is 0.351 e. The molecule has 0 saturated heterocycles. The second-order valence-electron chi connectivity index (χ2n) is 6.14. The summed E-state index contributed by atoms with van der Waals surface area (Å²) in [4.78, 5) is 12.5. The van der Waals surface area contributed by atoms with Crippen molar-refractivity contribution in [3.63, 3.8) is 0 Å². The Morgan fingerprint density at radius 1 is 1.21 bits per heavy atom. The summed E-state index contributed by atoms with van der Waals surface area (Å²) in [6, 6.07) is 17.3. The highest BCUT2D eigenvalue weighted by Gasteiger charge is 2.20. The highest BCUT2D eigenvalue weighted by atomic mass is 35.5. The van der Waals surface area contributed by atoms with Gasteiger partial charge >= 0.3 is 0 Å². The number of carbonyl (C=O) groups is 1. The Morgan fingerprint density at radius 3 is 2.64 bits per heavy atom. The maximum Gasteiger partial charge on any atom is 0.233 e. The zero-order chi connectivity index (χ0) is 19.9.